The first-order chi connectivity index (χ1) is 16.2. The maximum atomic E-state index is 11.2. The quantitative estimate of drug-likeness (QED) is 0.436. The molecule has 0 spiro atoms. The van der Waals surface area contributed by atoms with Gasteiger partial charge in [0, 0.05) is 18.4 Å². The lowest BCUT2D eigenvalue weighted by Crippen LogP contribution is -2.29. The summed E-state index contributed by atoms with van der Waals surface area (Å²) >= 11 is 0. The molecule has 0 aliphatic heterocycles. The van der Waals surface area contributed by atoms with Gasteiger partial charge < -0.3 is 15.2 Å². The molecule has 8 nitrogen and oxygen atoms in total. The summed E-state index contributed by atoms with van der Waals surface area (Å²) in [6.45, 7) is 0.467. The van der Waals surface area contributed by atoms with E-state index in [1.807, 2.05) is 59.1 Å². The molecule has 3 aromatic heterocycles. The van der Waals surface area contributed by atoms with Gasteiger partial charge in [0.1, 0.15) is 6.61 Å². The molecule has 1 saturated carbocycles. The number of benzene rings is 1. The van der Waals surface area contributed by atoms with Crippen LogP contribution in [0.4, 0.5) is 5.95 Å². The number of hydrogen-bond donors (Lipinski definition) is 2. The van der Waals surface area contributed by atoms with E-state index >= 15 is 0 Å². The van der Waals surface area contributed by atoms with E-state index in [1.54, 1.807) is 12.4 Å². The Morgan fingerprint density at radius 3 is 2.67 bits per heavy atom. The maximum absolute atomic E-state index is 11.2. The lowest BCUT2D eigenvalue weighted by Gasteiger charge is -2.26. The first kappa shape index (κ1) is 20.9. The number of fused-ring (bicyclic) bond motifs is 1. The minimum Gasteiger partial charge on any atom is -0.485 e. The molecular weight excluding hydrogens is 418 g/mol. The molecule has 1 aromatic carbocycles. The fraction of sp³-hybridized carbons (Fsp3) is 0.280. The number of carboxylic acid groups (broad SMARTS) is 1. The molecule has 0 amide bonds. The molecule has 0 unspecified atom stereocenters. The van der Waals surface area contributed by atoms with Gasteiger partial charge in [0.25, 0.3) is 0 Å². The van der Waals surface area contributed by atoms with Gasteiger partial charge in [-0.05, 0) is 49.4 Å². The van der Waals surface area contributed by atoms with Crippen molar-refractivity contribution in [3.05, 3.63) is 72.7 Å². The highest BCUT2D eigenvalue weighted by molar-refractivity contribution is 5.70. The number of carbonyl (C=O) groups is 1. The minimum atomic E-state index is -0.702. The largest absolute Gasteiger partial charge is 0.485 e. The molecule has 1 fully saturated rings. The minimum absolute atomic E-state index is 0.177. The van der Waals surface area contributed by atoms with Crippen LogP contribution in [0.15, 0.2) is 67.1 Å². The summed E-state index contributed by atoms with van der Waals surface area (Å²) in [5.74, 6) is 0.297. The molecule has 0 saturated heterocycles. The molecule has 3 heterocycles. The van der Waals surface area contributed by atoms with Crippen LogP contribution in [0.3, 0.4) is 0 Å². The monoisotopic (exact) mass is 443 g/mol. The average molecular weight is 444 g/mol. The van der Waals surface area contributed by atoms with E-state index < -0.39 is 5.97 Å². The van der Waals surface area contributed by atoms with Crippen LogP contribution >= 0.6 is 0 Å². The molecule has 2 N–H and O–H groups in total. The summed E-state index contributed by atoms with van der Waals surface area (Å²) in [5.41, 5.74) is 3.41. The zero-order chi connectivity index (χ0) is 22.6. The lowest BCUT2D eigenvalue weighted by atomic mass is 9.86. The summed E-state index contributed by atoms with van der Waals surface area (Å²) in [6, 6.07) is 15.9. The third-order valence-electron chi connectivity index (χ3n) is 6.06. The molecular formula is C25H25N5O3. The topological polar surface area (TPSA) is 102 Å². The van der Waals surface area contributed by atoms with Crippen molar-refractivity contribution in [1.29, 1.82) is 0 Å². The van der Waals surface area contributed by atoms with Crippen molar-refractivity contribution >= 4 is 17.6 Å². The van der Waals surface area contributed by atoms with E-state index in [0.29, 0.717) is 31.1 Å². The second-order valence-corrected chi connectivity index (χ2v) is 8.28. The Morgan fingerprint density at radius 2 is 1.88 bits per heavy atom. The number of carboxylic acids is 1. The van der Waals surface area contributed by atoms with Crippen molar-refractivity contribution in [2.24, 2.45) is 5.92 Å². The van der Waals surface area contributed by atoms with Gasteiger partial charge in [-0.3, -0.25) is 9.20 Å². The van der Waals surface area contributed by atoms with Crippen molar-refractivity contribution in [3.8, 4) is 17.1 Å². The van der Waals surface area contributed by atoms with Gasteiger partial charge in [-0.2, -0.15) is 0 Å². The molecule has 8 heteroatoms. The molecule has 0 bridgehead atoms. The Labute approximate surface area is 191 Å². The van der Waals surface area contributed by atoms with Gasteiger partial charge in [-0.1, -0.05) is 30.3 Å². The highest BCUT2D eigenvalue weighted by Gasteiger charge is 2.26. The van der Waals surface area contributed by atoms with Gasteiger partial charge in [-0.15, -0.1) is 0 Å². The van der Waals surface area contributed by atoms with Gasteiger partial charge in [0.15, 0.2) is 11.4 Å². The van der Waals surface area contributed by atoms with Crippen molar-refractivity contribution in [2.75, 3.05) is 5.32 Å². The SMILES string of the molecule is O=C(O)C1CCC(Nc2nccc(-c3cnc4c(OCc5ccccc5)cccn34)n2)CC1. The van der Waals surface area contributed by atoms with Gasteiger partial charge >= 0.3 is 5.97 Å². The number of nitrogens with zero attached hydrogens (tertiary/aromatic N) is 4. The van der Waals surface area contributed by atoms with Crippen molar-refractivity contribution in [3.63, 3.8) is 0 Å². The normalized spacial score (nSPS) is 18.2. The zero-order valence-electron chi connectivity index (χ0n) is 18.1. The number of aromatic nitrogens is 4. The van der Waals surface area contributed by atoms with E-state index in [4.69, 9.17) is 9.72 Å². The third-order valence-corrected chi connectivity index (χ3v) is 6.06. The van der Waals surface area contributed by atoms with Crippen LogP contribution in [-0.4, -0.2) is 36.5 Å². The van der Waals surface area contributed by atoms with Gasteiger partial charge in [0.2, 0.25) is 5.95 Å². The molecule has 1 aliphatic rings. The van der Waals surface area contributed by atoms with Crippen LogP contribution in [0.25, 0.3) is 17.0 Å². The molecule has 4 aromatic rings. The van der Waals surface area contributed by atoms with E-state index in [-0.39, 0.29) is 12.0 Å². The van der Waals surface area contributed by atoms with E-state index in [1.165, 1.54) is 0 Å². The third kappa shape index (κ3) is 4.64. The number of ether oxygens (including phenoxy) is 1. The van der Waals surface area contributed by atoms with Crippen LogP contribution < -0.4 is 10.1 Å². The highest BCUT2D eigenvalue weighted by atomic mass is 16.5. The first-order valence-electron chi connectivity index (χ1n) is 11.1. The summed E-state index contributed by atoms with van der Waals surface area (Å²) < 4.78 is 8.00. The molecule has 0 atom stereocenters. The van der Waals surface area contributed by atoms with Crippen LogP contribution in [0.5, 0.6) is 5.75 Å². The fourth-order valence-corrected chi connectivity index (χ4v) is 4.26. The Balaban J connectivity index is 1.33. The molecule has 168 valence electrons. The Hall–Kier alpha value is -3.94. The summed E-state index contributed by atoms with van der Waals surface area (Å²) in [5, 5.41) is 12.6. The number of nitrogens with one attached hydrogen (secondary N) is 1. The zero-order valence-corrected chi connectivity index (χ0v) is 18.1. The van der Waals surface area contributed by atoms with Gasteiger partial charge in [-0.25, -0.2) is 15.0 Å². The number of pyridine rings is 1. The predicted molar refractivity (Wildman–Crippen MR) is 124 cm³/mol. The standard InChI is InChI=1S/C25H25N5O3/c31-24(32)18-8-10-19(11-9-18)28-25-26-13-12-20(29-25)21-15-27-23-22(7-4-14-30(21)23)33-16-17-5-2-1-3-6-17/h1-7,12-15,18-19H,8-11,16H2,(H,31,32)(H,26,28,29). The van der Waals surface area contributed by atoms with Crippen molar-refractivity contribution in [1.82, 2.24) is 19.4 Å². The Bertz CT molecular complexity index is 1250. The first-order valence-corrected chi connectivity index (χ1v) is 11.1. The molecule has 0 radical (unpaired) electrons. The smallest absolute Gasteiger partial charge is 0.306 e. The van der Waals surface area contributed by atoms with Crippen LogP contribution in [0.2, 0.25) is 0 Å². The number of anilines is 1. The Morgan fingerprint density at radius 1 is 1.06 bits per heavy atom. The molecule has 5 rings (SSSR count). The molecule has 1 aliphatic carbocycles. The number of hydrogen-bond acceptors (Lipinski definition) is 6. The molecule has 33 heavy (non-hydrogen) atoms. The van der Waals surface area contributed by atoms with Crippen LogP contribution in [0, 0.1) is 5.92 Å². The van der Waals surface area contributed by atoms with Crippen molar-refractivity contribution in [2.45, 2.75) is 38.3 Å². The average Bonchev–Trinajstić information content (AvgIpc) is 3.29. The predicted octanol–water partition coefficient (Wildman–Crippen LogP) is 4.43. The summed E-state index contributed by atoms with van der Waals surface area (Å²) in [4.78, 5) is 24.8. The van der Waals surface area contributed by atoms with Crippen molar-refractivity contribution < 1.29 is 14.6 Å². The number of rotatable bonds is 7. The van der Waals surface area contributed by atoms with E-state index in [9.17, 15) is 9.90 Å². The maximum Gasteiger partial charge on any atom is 0.306 e. The second-order valence-electron chi connectivity index (χ2n) is 8.28. The lowest BCUT2D eigenvalue weighted by molar-refractivity contribution is -0.142. The number of imidazole rings is 1. The van der Waals surface area contributed by atoms with Crippen LogP contribution in [0.1, 0.15) is 31.2 Å². The van der Waals surface area contributed by atoms with E-state index in [2.05, 4.69) is 15.3 Å². The van der Waals surface area contributed by atoms with E-state index in [0.717, 1.165) is 35.4 Å². The summed E-state index contributed by atoms with van der Waals surface area (Å²) in [7, 11) is 0. The fourth-order valence-electron chi connectivity index (χ4n) is 4.26. The number of aliphatic carboxylic acids is 1. The highest BCUT2D eigenvalue weighted by Crippen LogP contribution is 2.28. The Kier molecular flexibility index (Phi) is 5.89. The van der Waals surface area contributed by atoms with Crippen LogP contribution in [-0.2, 0) is 11.4 Å². The van der Waals surface area contributed by atoms with Gasteiger partial charge in [0.05, 0.1) is 23.5 Å². The second kappa shape index (κ2) is 9.28. The summed E-state index contributed by atoms with van der Waals surface area (Å²) in [6.07, 6.45) is 8.38.